The molecule has 0 bridgehead atoms. The number of piperidine rings is 1. The number of benzene rings is 1. The lowest BCUT2D eigenvalue weighted by Crippen LogP contribution is -2.35. The molecular weight excluding hydrogens is 290 g/mol. The zero-order valence-electron chi connectivity index (χ0n) is 13.3. The van der Waals surface area contributed by atoms with Crippen LogP contribution in [0.2, 0.25) is 0 Å². The number of fused-ring (bicyclic) bond motifs is 1. The average Bonchev–Trinajstić information content (AvgIpc) is 3.08. The van der Waals surface area contributed by atoms with Gasteiger partial charge in [-0.2, -0.15) is 5.10 Å². The van der Waals surface area contributed by atoms with Crippen LogP contribution in [0.3, 0.4) is 0 Å². The number of hydrogen-bond acceptors (Lipinski definition) is 4. The number of rotatable bonds is 4. The van der Waals surface area contributed by atoms with Gasteiger partial charge in [0, 0.05) is 25.0 Å². The predicted octanol–water partition coefficient (Wildman–Crippen LogP) is 2.64. The van der Waals surface area contributed by atoms with Crippen molar-refractivity contribution in [2.45, 2.75) is 25.8 Å². The van der Waals surface area contributed by atoms with Gasteiger partial charge in [0.25, 0.3) is 0 Å². The summed E-state index contributed by atoms with van der Waals surface area (Å²) in [5, 5.41) is 7.14. The van der Waals surface area contributed by atoms with Crippen LogP contribution in [0.1, 0.15) is 24.1 Å². The summed E-state index contributed by atoms with van der Waals surface area (Å²) >= 11 is 0. The van der Waals surface area contributed by atoms with Crippen molar-refractivity contribution in [3.05, 3.63) is 41.7 Å². The van der Waals surface area contributed by atoms with Crippen LogP contribution < -0.4 is 9.47 Å². The van der Waals surface area contributed by atoms with E-state index in [0.717, 1.165) is 31.0 Å². The molecule has 5 heteroatoms. The van der Waals surface area contributed by atoms with E-state index in [1.54, 1.807) is 0 Å². The standard InChI is InChI=1S/C18H23N3O2/c1-2-14(10-16-5-6-19-20-16)12-21(7-1)13-15-3-4-17-18(11-15)23-9-8-22-17/h3-6,11,14H,1-2,7-10,12-13H2,(H,19,20). The van der Waals surface area contributed by atoms with Crippen LogP contribution in [0.15, 0.2) is 30.5 Å². The fourth-order valence-corrected chi connectivity index (χ4v) is 3.62. The molecule has 1 fully saturated rings. The number of aromatic nitrogens is 2. The third-order valence-electron chi connectivity index (χ3n) is 4.68. The summed E-state index contributed by atoms with van der Waals surface area (Å²) in [5.41, 5.74) is 2.55. The van der Waals surface area contributed by atoms with Crippen LogP contribution >= 0.6 is 0 Å². The maximum Gasteiger partial charge on any atom is 0.161 e. The lowest BCUT2D eigenvalue weighted by molar-refractivity contribution is 0.162. The van der Waals surface area contributed by atoms with Crippen molar-refractivity contribution in [2.24, 2.45) is 5.92 Å². The highest BCUT2D eigenvalue weighted by Gasteiger charge is 2.21. The molecular formula is C18H23N3O2. The maximum absolute atomic E-state index is 5.69. The summed E-state index contributed by atoms with van der Waals surface area (Å²) in [6.45, 7) is 4.59. The van der Waals surface area contributed by atoms with E-state index in [9.17, 15) is 0 Å². The van der Waals surface area contributed by atoms with E-state index in [-0.39, 0.29) is 0 Å². The third-order valence-corrected chi connectivity index (χ3v) is 4.68. The van der Waals surface area contributed by atoms with Crippen LogP contribution in [0.25, 0.3) is 0 Å². The largest absolute Gasteiger partial charge is 0.486 e. The molecule has 0 spiro atoms. The molecule has 2 aromatic rings. The number of H-pyrrole nitrogens is 1. The van der Waals surface area contributed by atoms with Crippen LogP contribution in [0, 0.1) is 5.92 Å². The van der Waals surface area contributed by atoms with Gasteiger partial charge >= 0.3 is 0 Å². The summed E-state index contributed by atoms with van der Waals surface area (Å²) in [6, 6.07) is 8.41. The van der Waals surface area contributed by atoms with Crippen molar-refractivity contribution in [3.8, 4) is 11.5 Å². The van der Waals surface area contributed by atoms with E-state index in [1.165, 1.54) is 30.6 Å². The summed E-state index contributed by atoms with van der Waals surface area (Å²) in [5.74, 6) is 2.47. The second-order valence-electron chi connectivity index (χ2n) is 6.51. The molecule has 4 rings (SSSR count). The Labute approximate surface area is 136 Å². The van der Waals surface area contributed by atoms with E-state index >= 15 is 0 Å². The van der Waals surface area contributed by atoms with E-state index in [1.807, 2.05) is 12.3 Å². The molecule has 122 valence electrons. The monoisotopic (exact) mass is 313 g/mol. The first kappa shape index (κ1) is 14.6. The van der Waals surface area contributed by atoms with Gasteiger partial charge in [0.15, 0.2) is 11.5 Å². The van der Waals surface area contributed by atoms with Crippen molar-refractivity contribution < 1.29 is 9.47 Å². The van der Waals surface area contributed by atoms with Gasteiger partial charge in [0.05, 0.1) is 0 Å². The molecule has 1 atom stereocenters. The highest BCUT2D eigenvalue weighted by atomic mass is 16.6. The van der Waals surface area contributed by atoms with E-state index in [4.69, 9.17) is 9.47 Å². The number of hydrogen-bond donors (Lipinski definition) is 1. The smallest absolute Gasteiger partial charge is 0.161 e. The topological polar surface area (TPSA) is 50.4 Å². The number of likely N-dealkylation sites (tertiary alicyclic amines) is 1. The Morgan fingerprint density at radius 3 is 2.96 bits per heavy atom. The van der Waals surface area contributed by atoms with E-state index in [2.05, 4.69) is 33.3 Å². The Kier molecular flexibility index (Phi) is 4.20. The van der Waals surface area contributed by atoms with Crippen LogP contribution in [0.5, 0.6) is 11.5 Å². The minimum atomic E-state index is 0.645. The molecule has 23 heavy (non-hydrogen) atoms. The first-order chi connectivity index (χ1) is 11.4. The molecule has 0 saturated carbocycles. The van der Waals surface area contributed by atoms with Crippen molar-refractivity contribution in [1.29, 1.82) is 0 Å². The molecule has 1 aromatic carbocycles. The third kappa shape index (κ3) is 3.50. The maximum atomic E-state index is 5.69. The fourth-order valence-electron chi connectivity index (χ4n) is 3.62. The first-order valence-electron chi connectivity index (χ1n) is 8.46. The van der Waals surface area contributed by atoms with Crippen molar-refractivity contribution >= 4 is 0 Å². The van der Waals surface area contributed by atoms with Gasteiger partial charge in [0.2, 0.25) is 0 Å². The molecule has 2 aliphatic heterocycles. The Balaban J connectivity index is 1.38. The quantitative estimate of drug-likeness (QED) is 0.943. The van der Waals surface area contributed by atoms with Crippen molar-refractivity contribution in [2.75, 3.05) is 26.3 Å². The zero-order valence-corrected chi connectivity index (χ0v) is 13.3. The van der Waals surface area contributed by atoms with Gasteiger partial charge in [-0.25, -0.2) is 0 Å². The SMILES string of the molecule is c1cc(CC2CCCN(Cc3ccc4c(c3)OCCO4)C2)[nH]n1. The highest BCUT2D eigenvalue weighted by Crippen LogP contribution is 2.31. The Hall–Kier alpha value is -2.01. The van der Waals surface area contributed by atoms with Gasteiger partial charge in [-0.1, -0.05) is 6.07 Å². The molecule has 2 aliphatic rings. The first-order valence-corrected chi connectivity index (χ1v) is 8.46. The van der Waals surface area contributed by atoms with Crippen LogP contribution in [-0.2, 0) is 13.0 Å². The molecule has 5 nitrogen and oxygen atoms in total. The van der Waals surface area contributed by atoms with E-state index in [0.29, 0.717) is 19.1 Å². The number of nitrogens with one attached hydrogen (secondary N) is 1. The van der Waals surface area contributed by atoms with Gasteiger partial charge in [0.1, 0.15) is 13.2 Å². The molecule has 1 N–H and O–H groups in total. The molecule has 0 amide bonds. The summed E-state index contributed by atoms with van der Waals surface area (Å²) < 4.78 is 11.3. The lowest BCUT2D eigenvalue weighted by Gasteiger charge is -2.32. The molecule has 1 saturated heterocycles. The number of nitrogens with zero attached hydrogens (tertiary/aromatic N) is 2. The van der Waals surface area contributed by atoms with Gasteiger partial charge in [-0.05, 0) is 55.5 Å². The average molecular weight is 313 g/mol. The zero-order chi connectivity index (χ0) is 15.5. The van der Waals surface area contributed by atoms with Crippen molar-refractivity contribution in [1.82, 2.24) is 15.1 Å². The molecule has 3 heterocycles. The Bertz CT molecular complexity index is 642. The fraction of sp³-hybridized carbons (Fsp3) is 0.500. The Morgan fingerprint density at radius 2 is 2.09 bits per heavy atom. The molecule has 1 unspecified atom stereocenters. The van der Waals surface area contributed by atoms with Crippen molar-refractivity contribution in [3.63, 3.8) is 0 Å². The van der Waals surface area contributed by atoms with Gasteiger partial charge in [-0.3, -0.25) is 10.00 Å². The van der Waals surface area contributed by atoms with E-state index < -0.39 is 0 Å². The summed E-state index contributed by atoms with van der Waals surface area (Å²) in [7, 11) is 0. The van der Waals surface area contributed by atoms with Gasteiger partial charge < -0.3 is 9.47 Å². The lowest BCUT2D eigenvalue weighted by atomic mass is 9.93. The molecule has 0 aliphatic carbocycles. The number of ether oxygens (including phenoxy) is 2. The molecule has 0 radical (unpaired) electrons. The minimum Gasteiger partial charge on any atom is -0.486 e. The minimum absolute atomic E-state index is 0.645. The highest BCUT2D eigenvalue weighted by molar-refractivity contribution is 5.43. The number of aromatic amines is 1. The Morgan fingerprint density at radius 1 is 1.17 bits per heavy atom. The van der Waals surface area contributed by atoms with Crippen LogP contribution in [0.4, 0.5) is 0 Å². The molecule has 1 aromatic heterocycles. The predicted molar refractivity (Wildman–Crippen MR) is 87.7 cm³/mol. The summed E-state index contributed by atoms with van der Waals surface area (Å²) in [6.07, 6.45) is 5.50. The van der Waals surface area contributed by atoms with Crippen LogP contribution in [-0.4, -0.2) is 41.4 Å². The second kappa shape index (κ2) is 6.62. The van der Waals surface area contributed by atoms with Gasteiger partial charge in [-0.15, -0.1) is 0 Å². The normalized spacial score (nSPS) is 21.3. The summed E-state index contributed by atoms with van der Waals surface area (Å²) in [4.78, 5) is 2.55. The second-order valence-corrected chi connectivity index (χ2v) is 6.51.